The summed E-state index contributed by atoms with van der Waals surface area (Å²) in [6.07, 6.45) is 0. The number of thioether (sulfide) groups is 1. The summed E-state index contributed by atoms with van der Waals surface area (Å²) in [5.41, 5.74) is 2.18. The van der Waals surface area contributed by atoms with Crippen LogP contribution in [0.15, 0.2) is 77.7 Å². The van der Waals surface area contributed by atoms with Crippen molar-refractivity contribution >= 4 is 46.6 Å². The number of ether oxygens (including phenoxy) is 1. The van der Waals surface area contributed by atoms with Crippen molar-refractivity contribution in [1.82, 2.24) is 0 Å². The van der Waals surface area contributed by atoms with Crippen LogP contribution in [0.2, 0.25) is 5.02 Å². The summed E-state index contributed by atoms with van der Waals surface area (Å²) in [6, 6.07) is 22.1. The Bertz CT molecular complexity index is 1030. The highest BCUT2D eigenvalue weighted by molar-refractivity contribution is 8.00. The Labute approximate surface area is 184 Å². The van der Waals surface area contributed by atoms with Crippen LogP contribution >= 0.6 is 23.4 Å². The van der Waals surface area contributed by atoms with Crippen LogP contribution in [0.3, 0.4) is 0 Å². The zero-order valence-corrected chi connectivity index (χ0v) is 18.1. The Kier molecular flexibility index (Phi) is 7.38. The van der Waals surface area contributed by atoms with Crippen molar-refractivity contribution in [2.45, 2.75) is 17.1 Å². The number of methoxy groups -OCH3 is 1. The molecule has 3 aromatic carbocycles. The third-order valence-electron chi connectivity index (χ3n) is 4.19. The molecule has 0 aromatic heterocycles. The van der Waals surface area contributed by atoms with Crippen LogP contribution < -0.4 is 15.4 Å². The highest BCUT2D eigenvalue weighted by atomic mass is 35.5. The minimum absolute atomic E-state index is 0.130. The maximum absolute atomic E-state index is 13.1. The second-order valence-corrected chi connectivity index (χ2v) is 8.04. The fourth-order valence-electron chi connectivity index (χ4n) is 2.81. The zero-order chi connectivity index (χ0) is 21.5. The van der Waals surface area contributed by atoms with Gasteiger partial charge in [-0.2, -0.15) is 0 Å². The largest absolute Gasteiger partial charge is 0.495 e. The van der Waals surface area contributed by atoms with E-state index in [0.29, 0.717) is 22.1 Å². The first-order chi connectivity index (χ1) is 14.5. The number of halogens is 1. The molecular formula is C23H21ClN2O3S. The van der Waals surface area contributed by atoms with Crippen LogP contribution in [0.5, 0.6) is 5.75 Å². The van der Waals surface area contributed by atoms with E-state index in [2.05, 4.69) is 10.6 Å². The number of hydrogen-bond donors (Lipinski definition) is 2. The second kappa shape index (κ2) is 10.2. The fourth-order valence-corrected chi connectivity index (χ4v) is 4.09. The molecule has 0 saturated carbocycles. The summed E-state index contributed by atoms with van der Waals surface area (Å²) in [7, 11) is 1.54. The monoisotopic (exact) mass is 440 g/mol. The van der Waals surface area contributed by atoms with Crippen LogP contribution in [0.4, 0.5) is 11.4 Å². The normalized spacial score (nSPS) is 11.4. The number of carbonyl (C=O) groups excluding carboxylic acids is 2. The van der Waals surface area contributed by atoms with Gasteiger partial charge in [0, 0.05) is 23.2 Å². The molecule has 3 aromatic rings. The van der Waals surface area contributed by atoms with Gasteiger partial charge < -0.3 is 15.4 Å². The third kappa shape index (κ3) is 5.78. The van der Waals surface area contributed by atoms with E-state index in [4.69, 9.17) is 16.3 Å². The quantitative estimate of drug-likeness (QED) is 0.457. The Balaban J connectivity index is 1.81. The SMILES string of the molecule is COc1ccc(NC(=O)C(Sc2ccc(NC(C)=O)cc2)c2ccccc2)cc1Cl. The van der Waals surface area contributed by atoms with Gasteiger partial charge >= 0.3 is 0 Å². The van der Waals surface area contributed by atoms with Gasteiger partial charge in [-0.15, -0.1) is 11.8 Å². The van der Waals surface area contributed by atoms with Crippen molar-refractivity contribution < 1.29 is 14.3 Å². The predicted octanol–water partition coefficient (Wildman–Crippen LogP) is 5.78. The number of carbonyl (C=O) groups is 2. The average molecular weight is 441 g/mol. The number of rotatable bonds is 7. The molecule has 0 heterocycles. The molecule has 1 unspecified atom stereocenters. The summed E-state index contributed by atoms with van der Waals surface area (Å²) >= 11 is 7.60. The van der Waals surface area contributed by atoms with Crippen LogP contribution in [-0.4, -0.2) is 18.9 Å². The first kappa shape index (κ1) is 21.7. The van der Waals surface area contributed by atoms with Crippen molar-refractivity contribution in [3.63, 3.8) is 0 Å². The predicted molar refractivity (Wildman–Crippen MR) is 122 cm³/mol. The van der Waals surface area contributed by atoms with Gasteiger partial charge in [0.05, 0.1) is 12.1 Å². The number of amides is 2. The molecule has 0 spiro atoms. The summed E-state index contributed by atoms with van der Waals surface area (Å²) in [5.74, 6) is 0.247. The minimum Gasteiger partial charge on any atom is -0.495 e. The number of benzene rings is 3. The summed E-state index contributed by atoms with van der Waals surface area (Å²) < 4.78 is 5.16. The van der Waals surface area contributed by atoms with Gasteiger partial charge in [-0.25, -0.2) is 0 Å². The van der Waals surface area contributed by atoms with E-state index >= 15 is 0 Å². The molecular weight excluding hydrogens is 420 g/mol. The molecule has 0 aliphatic heterocycles. The van der Waals surface area contributed by atoms with Crippen molar-refractivity contribution in [2.24, 2.45) is 0 Å². The third-order valence-corrected chi connectivity index (χ3v) is 5.75. The van der Waals surface area contributed by atoms with Crippen LogP contribution in [-0.2, 0) is 9.59 Å². The topological polar surface area (TPSA) is 67.4 Å². The molecule has 30 heavy (non-hydrogen) atoms. The molecule has 0 aliphatic rings. The van der Waals surface area contributed by atoms with E-state index in [0.717, 1.165) is 10.5 Å². The van der Waals surface area contributed by atoms with Crippen LogP contribution in [0.25, 0.3) is 0 Å². The number of anilines is 2. The van der Waals surface area contributed by atoms with Gasteiger partial charge in [0.15, 0.2) is 0 Å². The highest BCUT2D eigenvalue weighted by Gasteiger charge is 2.22. The molecule has 0 bridgehead atoms. The average Bonchev–Trinajstić information content (AvgIpc) is 2.73. The van der Waals surface area contributed by atoms with Gasteiger partial charge in [0.25, 0.3) is 0 Å². The van der Waals surface area contributed by atoms with E-state index in [1.807, 2.05) is 54.6 Å². The zero-order valence-electron chi connectivity index (χ0n) is 16.5. The standard InChI is InChI=1S/C23H21ClN2O3S/c1-15(27)25-17-8-11-19(12-9-17)30-22(16-6-4-3-5-7-16)23(28)26-18-10-13-21(29-2)20(24)14-18/h3-14,22H,1-2H3,(H,25,27)(H,26,28). The molecule has 0 saturated heterocycles. The smallest absolute Gasteiger partial charge is 0.242 e. The maximum atomic E-state index is 13.1. The second-order valence-electron chi connectivity index (χ2n) is 6.45. The Hall–Kier alpha value is -2.96. The molecule has 5 nitrogen and oxygen atoms in total. The van der Waals surface area contributed by atoms with Crippen molar-refractivity contribution in [3.05, 3.63) is 83.4 Å². The summed E-state index contributed by atoms with van der Waals surface area (Å²) in [5, 5.41) is 5.62. The first-order valence-electron chi connectivity index (χ1n) is 9.20. The van der Waals surface area contributed by atoms with E-state index in [9.17, 15) is 9.59 Å². The number of hydrogen-bond acceptors (Lipinski definition) is 4. The lowest BCUT2D eigenvalue weighted by Gasteiger charge is -2.18. The van der Waals surface area contributed by atoms with E-state index in [1.54, 1.807) is 25.3 Å². The van der Waals surface area contributed by atoms with Crippen molar-refractivity contribution in [2.75, 3.05) is 17.7 Å². The molecule has 7 heteroatoms. The van der Waals surface area contributed by atoms with Gasteiger partial charge in [0.1, 0.15) is 11.0 Å². The Morgan fingerprint density at radius 3 is 2.20 bits per heavy atom. The molecule has 0 fully saturated rings. The molecule has 0 radical (unpaired) electrons. The fraction of sp³-hybridized carbons (Fsp3) is 0.130. The summed E-state index contributed by atoms with van der Waals surface area (Å²) in [4.78, 5) is 25.2. The van der Waals surface area contributed by atoms with Crippen molar-refractivity contribution in [1.29, 1.82) is 0 Å². The van der Waals surface area contributed by atoms with Crippen molar-refractivity contribution in [3.8, 4) is 5.75 Å². The lowest BCUT2D eigenvalue weighted by molar-refractivity contribution is -0.116. The molecule has 1 atom stereocenters. The summed E-state index contributed by atoms with van der Waals surface area (Å²) in [6.45, 7) is 1.46. The molecule has 2 N–H and O–H groups in total. The van der Waals surface area contributed by atoms with E-state index in [1.165, 1.54) is 18.7 Å². The number of nitrogens with one attached hydrogen (secondary N) is 2. The maximum Gasteiger partial charge on any atom is 0.242 e. The van der Waals surface area contributed by atoms with Gasteiger partial charge in [-0.05, 0) is 48.0 Å². The lowest BCUT2D eigenvalue weighted by Crippen LogP contribution is -2.19. The van der Waals surface area contributed by atoms with E-state index < -0.39 is 5.25 Å². The van der Waals surface area contributed by atoms with Gasteiger partial charge in [0.2, 0.25) is 11.8 Å². The van der Waals surface area contributed by atoms with Gasteiger partial charge in [-0.3, -0.25) is 9.59 Å². The Morgan fingerprint density at radius 1 is 0.933 bits per heavy atom. The molecule has 2 amide bonds. The first-order valence-corrected chi connectivity index (χ1v) is 10.5. The van der Waals surface area contributed by atoms with Crippen LogP contribution in [0.1, 0.15) is 17.7 Å². The molecule has 3 rings (SSSR count). The molecule has 0 aliphatic carbocycles. The van der Waals surface area contributed by atoms with E-state index in [-0.39, 0.29) is 11.8 Å². The van der Waals surface area contributed by atoms with Crippen LogP contribution in [0, 0.1) is 0 Å². The minimum atomic E-state index is -0.473. The molecule has 154 valence electrons. The lowest BCUT2D eigenvalue weighted by atomic mass is 10.1. The highest BCUT2D eigenvalue weighted by Crippen LogP contribution is 2.37. The Morgan fingerprint density at radius 2 is 1.60 bits per heavy atom. The van der Waals surface area contributed by atoms with Gasteiger partial charge in [-0.1, -0.05) is 41.9 Å².